The second kappa shape index (κ2) is 8.40. The third kappa shape index (κ3) is 4.84. The molecule has 0 aliphatic rings. The molecule has 0 aromatic carbocycles. The molecule has 92 valence electrons. The Labute approximate surface area is 100 Å². The Balaban J connectivity index is 2.26. The van der Waals surface area contributed by atoms with Gasteiger partial charge in [-0.15, -0.1) is 0 Å². The molecule has 0 saturated carbocycles. The predicted octanol–water partition coefficient (Wildman–Crippen LogP) is 3.57. The molecule has 2 heteroatoms. The maximum absolute atomic E-state index is 3.46. The molecule has 0 fully saturated rings. The molecule has 0 unspecified atom stereocenters. The molecule has 1 aromatic rings. The van der Waals surface area contributed by atoms with Crippen LogP contribution < -0.4 is 5.32 Å². The van der Waals surface area contributed by atoms with E-state index in [9.17, 15) is 0 Å². The van der Waals surface area contributed by atoms with Crippen molar-refractivity contribution in [3.63, 3.8) is 0 Å². The summed E-state index contributed by atoms with van der Waals surface area (Å²) in [7, 11) is 0. The lowest BCUT2D eigenvalue weighted by molar-refractivity contribution is 0.553. The van der Waals surface area contributed by atoms with E-state index >= 15 is 0 Å². The summed E-state index contributed by atoms with van der Waals surface area (Å²) in [6.45, 7) is 7.76. The SMILES string of the molecule is CCCCCCn1cccc1CNCCC. The first kappa shape index (κ1) is 13.3. The van der Waals surface area contributed by atoms with Crippen LogP contribution in [0.3, 0.4) is 0 Å². The van der Waals surface area contributed by atoms with E-state index in [2.05, 4.69) is 42.1 Å². The summed E-state index contributed by atoms with van der Waals surface area (Å²) < 4.78 is 2.39. The molecule has 16 heavy (non-hydrogen) atoms. The number of aromatic nitrogens is 1. The Morgan fingerprint density at radius 2 is 2.00 bits per heavy atom. The van der Waals surface area contributed by atoms with Crippen molar-refractivity contribution in [2.45, 2.75) is 59.0 Å². The zero-order valence-corrected chi connectivity index (χ0v) is 10.8. The Hall–Kier alpha value is -0.760. The van der Waals surface area contributed by atoms with Crippen LogP contribution in [0.2, 0.25) is 0 Å². The van der Waals surface area contributed by atoms with Crippen molar-refractivity contribution < 1.29 is 0 Å². The second-order valence-corrected chi connectivity index (χ2v) is 4.43. The molecule has 1 aromatic heterocycles. The monoisotopic (exact) mass is 222 g/mol. The molecule has 1 N–H and O–H groups in total. The van der Waals surface area contributed by atoms with Crippen LogP contribution in [0, 0.1) is 0 Å². The average molecular weight is 222 g/mol. The fraction of sp³-hybridized carbons (Fsp3) is 0.714. The third-order valence-electron chi connectivity index (χ3n) is 2.91. The van der Waals surface area contributed by atoms with Gasteiger partial charge in [0, 0.05) is 25.0 Å². The Morgan fingerprint density at radius 3 is 2.75 bits per heavy atom. The number of aryl methyl sites for hydroxylation is 1. The standard InChI is InChI=1S/C14H26N2/c1-3-5-6-7-11-16-12-8-9-14(16)13-15-10-4-2/h8-9,12,15H,3-7,10-11,13H2,1-2H3. The highest BCUT2D eigenvalue weighted by Gasteiger charge is 1.99. The lowest BCUT2D eigenvalue weighted by atomic mass is 10.2. The van der Waals surface area contributed by atoms with Crippen LogP contribution >= 0.6 is 0 Å². The van der Waals surface area contributed by atoms with Gasteiger partial charge in [-0.25, -0.2) is 0 Å². The molecule has 0 atom stereocenters. The maximum Gasteiger partial charge on any atom is 0.0359 e. The lowest BCUT2D eigenvalue weighted by Crippen LogP contribution is -2.16. The molecular weight excluding hydrogens is 196 g/mol. The molecule has 0 radical (unpaired) electrons. The smallest absolute Gasteiger partial charge is 0.0359 e. The molecule has 0 aliphatic carbocycles. The molecule has 0 spiro atoms. The zero-order valence-electron chi connectivity index (χ0n) is 10.8. The zero-order chi connectivity index (χ0) is 11.6. The summed E-state index contributed by atoms with van der Waals surface area (Å²) in [5, 5.41) is 3.46. The van der Waals surface area contributed by atoms with E-state index in [1.54, 1.807) is 0 Å². The highest BCUT2D eigenvalue weighted by atomic mass is 15.0. The van der Waals surface area contributed by atoms with Gasteiger partial charge in [0.25, 0.3) is 0 Å². The number of hydrogen-bond donors (Lipinski definition) is 1. The summed E-state index contributed by atoms with van der Waals surface area (Å²) in [6.07, 6.45) is 8.76. The summed E-state index contributed by atoms with van der Waals surface area (Å²) in [5.41, 5.74) is 1.42. The molecule has 1 rings (SSSR count). The Kier molecular flexibility index (Phi) is 6.98. The molecule has 0 saturated heterocycles. The van der Waals surface area contributed by atoms with Crippen LogP contribution in [0.1, 0.15) is 51.6 Å². The minimum atomic E-state index is 1.01. The normalized spacial score (nSPS) is 10.9. The largest absolute Gasteiger partial charge is 0.350 e. The van der Waals surface area contributed by atoms with Crippen molar-refractivity contribution in [3.8, 4) is 0 Å². The minimum absolute atomic E-state index is 1.01. The topological polar surface area (TPSA) is 17.0 Å². The summed E-state index contributed by atoms with van der Waals surface area (Å²) in [4.78, 5) is 0. The fourth-order valence-electron chi connectivity index (χ4n) is 1.93. The van der Waals surface area contributed by atoms with Gasteiger partial charge >= 0.3 is 0 Å². The molecule has 2 nitrogen and oxygen atoms in total. The quantitative estimate of drug-likeness (QED) is 0.632. The summed E-state index contributed by atoms with van der Waals surface area (Å²) >= 11 is 0. The van der Waals surface area contributed by atoms with Gasteiger partial charge in [-0.05, 0) is 31.5 Å². The van der Waals surface area contributed by atoms with Gasteiger partial charge in [-0.1, -0.05) is 33.1 Å². The van der Waals surface area contributed by atoms with Crippen LogP contribution in [-0.2, 0) is 13.1 Å². The first-order chi connectivity index (χ1) is 7.88. The molecule has 0 aliphatic heterocycles. The predicted molar refractivity (Wildman–Crippen MR) is 70.6 cm³/mol. The van der Waals surface area contributed by atoms with Crippen LogP contribution in [0.15, 0.2) is 18.3 Å². The van der Waals surface area contributed by atoms with Crippen LogP contribution in [-0.4, -0.2) is 11.1 Å². The number of rotatable bonds is 9. The van der Waals surface area contributed by atoms with Crippen LogP contribution in [0.4, 0.5) is 0 Å². The molecule has 1 heterocycles. The van der Waals surface area contributed by atoms with Crippen molar-refractivity contribution in [3.05, 3.63) is 24.0 Å². The van der Waals surface area contributed by atoms with Gasteiger partial charge in [-0.3, -0.25) is 0 Å². The van der Waals surface area contributed by atoms with E-state index in [1.165, 1.54) is 44.3 Å². The number of nitrogens with zero attached hydrogens (tertiary/aromatic N) is 1. The van der Waals surface area contributed by atoms with Crippen molar-refractivity contribution in [1.82, 2.24) is 9.88 Å². The Morgan fingerprint density at radius 1 is 1.12 bits per heavy atom. The van der Waals surface area contributed by atoms with Gasteiger partial charge in [0.05, 0.1) is 0 Å². The van der Waals surface area contributed by atoms with Crippen molar-refractivity contribution in [2.24, 2.45) is 0 Å². The summed E-state index contributed by atoms with van der Waals surface area (Å²) in [5.74, 6) is 0. The van der Waals surface area contributed by atoms with Crippen molar-refractivity contribution in [2.75, 3.05) is 6.54 Å². The van der Waals surface area contributed by atoms with E-state index in [0.717, 1.165) is 13.1 Å². The van der Waals surface area contributed by atoms with Gasteiger partial charge in [0.1, 0.15) is 0 Å². The van der Waals surface area contributed by atoms with E-state index in [-0.39, 0.29) is 0 Å². The van der Waals surface area contributed by atoms with Gasteiger partial charge in [-0.2, -0.15) is 0 Å². The third-order valence-corrected chi connectivity index (χ3v) is 2.91. The highest BCUT2D eigenvalue weighted by molar-refractivity contribution is 5.06. The molecular formula is C14H26N2. The summed E-state index contributed by atoms with van der Waals surface area (Å²) in [6, 6.07) is 4.38. The number of nitrogens with one attached hydrogen (secondary N) is 1. The van der Waals surface area contributed by atoms with Crippen LogP contribution in [0.25, 0.3) is 0 Å². The van der Waals surface area contributed by atoms with E-state index in [0.29, 0.717) is 0 Å². The van der Waals surface area contributed by atoms with Crippen LogP contribution in [0.5, 0.6) is 0 Å². The van der Waals surface area contributed by atoms with Gasteiger partial charge in [0.2, 0.25) is 0 Å². The maximum atomic E-state index is 3.46. The van der Waals surface area contributed by atoms with E-state index < -0.39 is 0 Å². The first-order valence-corrected chi connectivity index (χ1v) is 6.73. The second-order valence-electron chi connectivity index (χ2n) is 4.43. The van der Waals surface area contributed by atoms with E-state index in [4.69, 9.17) is 0 Å². The first-order valence-electron chi connectivity index (χ1n) is 6.73. The minimum Gasteiger partial charge on any atom is -0.350 e. The van der Waals surface area contributed by atoms with Crippen molar-refractivity contribution >= 4 is 0 Å². The Bertz CT molecular complexity index is 265. The van der Waals surface area contributed by atoms with Gasteiger partial charge in [0.15, 0.2) is 0 Å². The average Bonchev–Trinajstić information content (AvgIpc) is 2.73. The fourth-order valence-corrected chi connectivity index (χ4v) is 1.93. The lowest BCUT2D eigenvalue weighted by Gasteiger charge is -2.09. The van der Waals surface area contributed by atoms with Crippen molar-refractivity contribution in [1.29, 1.82) is 0 Å². The number of unbranched alkanes of at least 4 members (excludes halogenated alkanes) is 3. The van der Waals surface area contributed by atoms with Gasteiger partial charge < -0.3 is 9.88 Å². The molecule has 0 amide bonds. The molecule has 0 bridgehead atoms. The number of hydrogen-bond acceptors (Lipinski definition) is 1. The highest BCUT2D eigenvalue weighted by Crippen LogP contribution is 2.06. The van der Waals surface area contributed by atoms with E-state index in [1.807, 2.05) is 0 Å².